The fraction of sp³-hybridized carbons (Fsp3) is 0.353. The van der Waals surface area contributed by atoms with Gasteiger partial charge in [-0.15, -0.1) is 0 Å². The lowest BCUT2D eigenvalue weighted by Crippen LogP contribution is -2.16. The topological polar surface area (TPSA) is 89.2 Å². The van der Waals surface area contributed by atoms with Crippen molar-refractivity contribution in [1.29, 1.82) is 0 Å². The molecule has 0 saturated carbocycles. The Morgan fingerprint density at radius 2 is 1.92 bits per heavy atom. The molecule has 0 bridgehead atoms. The molecule has 1 N–H and O–H groups in total. The minimum absolute atomic E-state index is 0.146. The van der Waals surface area contributed by atoms with E-state index in [-0.39, 0.29) is 17.1 Å². The van der Waals surface area contributed by atoms with Crippen LogP contribution in [0, 0.1) is 0 Å². The lowest BCUT2D eigenvalue weighted by Gasteiger charge is -2.16. The number of hydrogen-bond donors (Lipinski definition) is 1. The molecule has 0 aliphatic carbocycles. The second-order valence-corrected chi connectivity index (χ2v) is 8.86. The largest absolute Gasteiger partial charge is 0.348 e. The van der Waals surface area contributed by atoms with E-state index in [1.165, 1.54) is 4.52 Å². The van der Waals surface area contributed by atoms with Gasteiger partial charge in [0.25, 0.3) is 5.16 Å². The van der Waals surface area contributed by atoms with Gasteiger partial charge in [-0.2, -0.15) is 19.6 Å². The van der Waals surface area contributed by atoms with E-state index in [1.54, 1.807) is 12.3 Å². The van der Waals surface area contributed by atoms with Crippen molar-refractivity contribution in [2.24, 2.45) is 0 Å². The number of halogens is 1. The number of fused-ring (bicyclic) bond motifs is 1. The van der Waals surface area contributed by atoms with Crippen LogP contribution < -0.4 is 5.32 Å². The summed E-state index contributed by atoms with van der Waals surface area (Å²) in [7, 11) is -3.57. The Balaban J connectivity index is 2.12. The maximum absolute atomic E-state index is 12.0. The first-order valence-corrected chi connectivity index (χ1v) is 10.4. The molecule has 1 aromatic carbocycles. The van der Waals surface area contributed by atoms with Crippen molar-refractivity contribution in [2.45, 2.75) is 37.9 Å². The highest BCUT2D eigenvalue weighted by Crippen LogP contribution is 2.25. The monoisotopic (exact) mass is 393 g/mol. The van der Waals surface area contributed by atoms with Gasteiger partial charge in [0.05, 0.1) is 12.2 Å². The molecule has 0 aliphatic rings. The molecular formula is C17H20ClN5O2S. The van der Waals surface area contributed by atoms with Gasteiger partial charge in [0.2, 0.25) is 15.8 Å². The average molecular weight is 394 g/mol. The molecule has 138 valence electrons. The van der Waals surface area contributed by atoms with Crippen LogP contribution in [-0.2, 0) is 9.84 Å². The maximum atomic E-state index is 12.0. The van der Waals surface area contributed by atoms with E-state index in [1.807, 2.05) is 39.0 Å². The summed E-state index contributed by atoms with van der Waals surface area (Å²) in [4.78, 5) is 8.41. The lowest BCUT2D eigenvalue weighted by molar-refractivity contribution is 0.591. The molecule has 2 aromatic heterocycles. The summed E-state index contributed by atoms with van der Waals surface area (Å²) in [6, 6.07) is 7.27. The molecule has 9 heteroatoms. The third-order valence-electron chi connectivity index (χ3n) is 4.02. The zero-order valence-corrected chi connectivity index (χ0v) is 16.5. The number of anilines is 1. The molecule has 0 amide bonds. The van der Waals surface area contributed by atoms with Crippen LogP contribution in [0.3, 0.4) is 0 Å². The molecule has 1 atom stereocenters. The second kappa shape index (κ2) is 6.85. The number of sulfone groups is 1. The SMILES string of the molecule is CC(C)c1cnn2c(N[C@@H](C)c3cccc(Cl)c3)nc(S(C)(=O)=O)nc12. The molecule has 3 rings (SSSR count). The Labute approximate surface area is 157 Å². The molecule has 0 saturated heterocycles. The van der Waals surface area contributed by atoms with Crippen molar-refractivity contribution < 1.29 is 8.42 Å². The van der Waals surface area contributed by atoms with Crippen molar-refractivity contribution in [3.8, 4) is 0 Å². The van der Waals surface area contributed by atoms with Crippen LogP contribution in [0.2, 0.25) is 5.02 Å². The van der Waals surface area contributed by atoms with Crippen LogP contribution in [0.5, 0.6) is 0 Å². The van der Waals surface area contributed by atoms with Crippen molar-refractivity contribution in [2.75, 3.05) is 11.6 Å². The van der Waals surface area contributed by atoms with Gasteiger partial charge in [0.1, 0.15) is 0 Å². The van der Waals surface area contributed by atoms with Crippen molar-refractivity contribution in [1.82, 2.24) is 19.6 Å². The third kappa shape index (κ3) is 3.66. The second-order valence-electron chi connectivity index (χ2n) is 6.51. The molecule has 3 aromatic rings. The van der Waals surface area contributed by atoms with E-state index in [0.717, 1.165) is 17.4 Å². The third-order valence-corrected chi connectivity index (χ3v) is 5.10. The quantitative estimate of drug-likeness (QED) is 0.713. The summed E-state index contributed by atoms with van der Waals surface area (Å²) < 4.78 is 25.6. The van der Waals surface area contributed by atoms with Gasteiger partial charge in [0.15, 0.2) is 5.65 Å². The Hall–Kier alpha value is -2.19. The minimum atomic E-state index is -3.57. The van der Waals surface area contributed by atoms with Crippen LogP contribution in [0.25, 0.3) is 5.65 Å². The van der Waals surface area contributed by atoms with Gasteiger partial charge >= 0.3 is 0 Å². The molecular weight excluding hydrogens is 374 g/mol. The molecule has 7 nitrogen and oxygen atoms in total. The van der Waals surface area contributed by atoms with E-state index in [2.05, 4.69) is 20.4 Å². The van der Waals surface area contributed by atoms with E-state index in [0.29, 0.717) is 16.6 Å². The van der Waals surface area contributed by atoms with Crippen molar-refractivity contribution >= 4 is 33.0 Å². The highest BCUT2D eigenvalue weighted by Gasteiger charge is 2.21. The van der Waals surface area contributed by atoms with Gasteiger partial charge in [-0.3, -0.25) is 0 Å². The zero-order chi connectivity index (χ0) is 19.1. The van der Waals surface area contributed by atoms with Gasteiger partial charge in [-0.1, -0.05) is 37.6 Å². The number of aromatic nitrogens is 4. The van der Waals surface area contributed by atoms with E-state index in [4.69, 9.17) is 11.6 Å². The summed E-state index contributed by atoms with van der Waals surface area (Å²) in [6.45, 7) is 5.94. The molecule has 0 aliphatic heterocycles. The summed E-state index contributed by atoms with van der Waals surface area (Å²) in [5.41, 5.74) is 2.29. The molecule has 2 heterocycles. The molecule has 0 radical (unpaired) electrons. The van der Waals surface area contributed by atoms with Gasteiger partial charge in [-0.05, 0) is 30.5 Å². The predicted molar refractivity (Wildman–Crippen MR) is 101 cm³/mol. The van der Waals surface area contributed by atoms with Gasteiger partial charge in [0, 0.05) is 16.8 Å². The highest BCUT2D eigenvalue weighted by atomic mass is 35.5. The number of nitrogens with one attached hydrogen (secondary N) is 1. The van der Waals surface area contributed by atoms with Crippen LogP contribution in [0.1, 0.15) is 43.9 Å². The first-order chi connectivity index (χ1) is 12.2. The lowest BCUT2D eigenvalue weighted by atomic mass is 10.1. The fourth-order valence-corrected chi connectivity index (χ4v) is 3.30. The first kappa shape index (κ1) is 18.6. The van der Waals surface area contributed by atoms with Gasteiger partial charge in [-0.25, -0.2) is 8.42 Å². The van der Waals surface area contributed by atoms with Crippen molar-refractivity contribution in [3.63, 3.8) is 0 Å². The van der Waals surface area contributed by atoms with Crippen LogP contribution in [-0.4, -0.2) is 34.3 Å². The summed E-state index contributed by atoms with van der Waals surface area (Å²) in [5.74, 6) is 0.461. The number of hydrogen-bond acceptors (Lipinski definition) is 6. The molecule has 26 heavy (non-hydrogen) atoms. The zero-order valence-electron chi connectivity index (χ0n) is 14.9. The Morgan fingerprint density at radius 3 is 2.54 bits per heavy atom. The first-order valence-electron chi connectivity index (χ1n) is 8.14. The van der Waals surface area contributed by atoms with E-state index >= 15 is 0 Å². The van der Waals surface area contributed by atoms with Gasteiger partial charge < -0.3 is 5.32 Å². The Morgan fingerprint density at radius 1 is 1.19 bits per heavy atom. The molecule has 0 unspecified atom stereocenters. The number of benzene rings is 1. The average Bonchev–Trinajstić information content (AvgIpc) is 2.98. The van der Waals surface area contributed by atoms with Crippen molar-refractivity contribution in [3.05, 3.63) is 46.6 Å². The fourth-order valence-electron chi connectivity index (χ4n) is 2.59. The number of rotatable bonds is 5. The normalized spacial score (nSPS) is 13.3. The number of nitrogens with zero attached hydrogens (tertiary/aromatic N) is 4. The van der Waals surface area contributed by atoms with E-state index in [9.17, 15) is 8.42 Å². The minimum Gasteiger partial charge on any atom is -0.348 e. The smallest absolute Gasteiger partial charge is 0.252 e. The van der Waals surface area contributed by atoms with Crippen LogP contribution in [0.4, 0.5) is 5.95 Å². The molecule has 0 fully saturated rings. The molecule has 0 spiro atoms. The Kier molecular flexibility index (Phi) is 4.90. The van der Waals surface area contributed by atoms with Crippen LogP contribution in [0.15, 0.2) is 35.6 Å². The highest BCUT2D eigenvalue weighted by molar-refractivity contribution is 7.90. The van der Waals surface area contributed by atoms with E-state index < -0.39 is 9.84 Å². The summed E-state index contributed by atoms with van der Waals surface area (Å²) >= 11 is 6.06. The maximum Gasteiger partial charge on any atom is 0.252 e. The standard InChI is InChI=1S/C17H20ClN5O2S/c1-10(2)14-9-19-23-15(14)21-17(26(4,24)25)22-16(23)20-11(3)12-6-5-7-13(18)8-12/h5-11H,1-4H3,(H,20,21,22)/t11-/m0/s1. The Bertz CT molecular complexity index is 1060. The summed E-state index contributed by atoms with van der Waals surface area (Å²) in [5, 5.41) is 7.95. The predicted octanol–water partition coefficient (Wildman–Crippen LogP) is 3.48. The van der Waals surface area contributed by atoms with Crippen LogP contribution >= 0.6 is 11.6 Å². The summed E-state index contributed by atoms with van der Waals surface area (Å²) in [6.07, 6.45) is 2.78.